The van der Waals surface area contributed by atoms with E-state index in [1.807, 2.05) is 0 Å². The van der Waals surface area contributed by atoms with Gasteiger partial charge in [-0.15, -0.1) is 22.5 Å². The third kappa shape index (κ3) is 2360. The molecule has 0 aliphatic carbocycles. The molecule has 7 heteroatoms. The van der Waals surface area contributed by atoms with Crippen LogP contribution in [0.15, 0.2) is 0 Å². The van der Waals surface area contributed by atoms with Crippen LogP contribution in [0.1, 0.15) is 0 Å². The molecule has 4 N–H and O–H groups in total. The van der Waals surface area contributed by atoms with Gasteiger partial charge in [0.15, 0.2) is 0 Å². The first-order chi connectivity index (χ1) is 1.73. The monoisotopic (exact) mass is 142 g/mol. The van der Waals surface area contributed by atoms with Crippen molar-refractivity contribution in [2.75, 3.05) is 0 Å². The number of hydrogen-bond acceptors (Lipinski definition) is 3. The molecule has 0 fully saturated rings. The third-order valence-corrected chi connectivity index (χ3v) is 0. The molecule has 0 saturated heterocycles. The van der Waals surface area contributed by atoms with E-state index in [0.717, 1.165) is 0 Å². The van der Waals surface area contributed by atoms with Gasteiger partial charge in [-0.05, 0) is 0 Å². The molecule has 0 unspecified atom stereocenters. The first-order valence-electron chi connectivity index (χ1n) is 0.565. The lowest BCUT2D eigenvalue weighted by Crippen LogP contribution is -1.81. The largest absolute Gasteiger partial charge is 0.344 e. The van der Waals surface area contributed by atoms with Crippen LogP contribution >= 0.6 is 12.4 Å². The quantitative estimate of drug-likeness (QED) is 0.266. The molecule has 0 rings (SSSR count). The van der Waals surface area contributed by atoms with Gasteiger partial charge in [-0.3, -0.25) is 0 Å². The summed E-state index contributed by atoms with van der Waals surface area (Å²) in [6, 6.07) is 0. The van der Waals surface area contributed by atoms with E-state index < -0.39 is 5.09 Å². The second-order valence-corrected chi connectivity index (χ2v) is 0.238. The summed E-state index contributed by atoms with van der Waals surface area (Å²) in [6.45, 7) is 0. The maximum absolute atomic E-state index is 8.36. The Hall–Kier alpha value is 0.216. The van der Waals surface area contributed by atoms with Crippen LogP contribution in [-0.2, 0) is 0 Å². The minimum absolute atomic E-state index is 0. The summed E-state index contributed by atoms with van der Waals surface area (Å²) in [5, 5.41) is 13.6. The van der Waals surface area contributed by atoms with Crippen molar-refractivity contribution in [2.45, 2.75) is 0 Å². The number of halogens is 1. The highest BCUT2D eigenvalue weighted by Gasteiger charge is 1.65. The fourth-order valence-corrected chi connectivity index (χ4v) is 0. The predicted molar refractivity (Wildman–Crippen MR) is 29.6 cm³/mol. The molecular weight excluding hydrogens is 136 g/mol. The van der Waals surface area contributed by atoms with Crippen LogP contribution in [0.4, 0.5) is 0 Å². The normalized spacial score (nSPS) is 3.43. The summed E-state index contributed by atoms with van der Waals surface area (Å²) in [6.07, 6.45) is 0. The lowest BCUT2D eigenvalue weighted by atomic mass is 13.1. The van der Waals surface area contributed by atoms with E-state index >= 15 is 0 Å². The molecule has 0 aliphatic heterocycles. The summed E-state index contributed by atoms with van der Waals surface area (Å²) in [7, 11) is 0. The predicted octanol–water partition coefficient (Wildman–Crippen LogP) is -0.680. The Balaban J connectivity index is -0.0000000150. The van der Waals surface area contributed by atoms with Crippen LogP contribution in [0.25, 0.3) is 0 Å². The average Bonchev–Trinajstić information content (AvgIpc) is 0.811. The molecule has 44 valence electrons. The Labute approximate surface area is 62.3 Å². The van der Waals surface area contributed by atoms with Gasteiger partial charge in [0.05, 0.1) is 0 Å². The highest BCUT2D eigenvalue weighted by atomic mass is 35.5. The van der Waals surface area contributed by atoms with Gasteiger partial charge in [-0.2, -0.15) is 0 Å². The Morgan fingerprint density at radius 3 is 1.57 bits per heavy atom. The molecule has 0 amide bonds. The first-order valence-corrected chi connectivity index (χ1v) is 0.565. The van der Waals surface area contributed by atoms with Crippen LogP contribution in [0, 0.1) is 10.1 Å². The summed E-state index contributed by atoms with van der Waals surface area (Å²) in [5.74, 6) is 0. The van der Waals surface area contributed by atoms with Crippen molar-refractivity contribution in [3.8, 4) is 0 Å². The summed E-state index contributed by atoms with van der Waals surface area (Å²) >= 11 is 0. The molecule has 0 spiro atoms. The van der Waals surface area contributed by atoms with Gasteiger partial charge in [0.1, 0.15) is 0 Å². The Kier molecular flexibility index (Phi) is 63.0. The van der Waals surface area contributed by atoms with Crippen molar-refractivity contribution in [1.29, 1.82) is 0 Å². The zero-order chi connectivity index (χ0) is 3.58. The highest BCUT2D eigenvalue weighted by molar-refractivity contribution is 5.85. The molecule has 0 saturated carbocycles. The van der Waals surface area contributed by atoms with Gasteiger partial charge in [-0.1, -0.05) is 0 Å². The lowest BCUT2D eigenvalue weighted by molar-refractivity contribution is -0.742. The minimum atomic E-state index is -1.50. The van der Waals surface area contributed by atoms with Crippen molar-refractivity contribution < 1.29 is 10.3 Å². The Morgan fingerprint density at radius 2 is 1.57 bits per heavy atom. The fraction of sp³-hybridized carbons (Fsp3) is 0. The topological polar surface area (TPSA) is 98.4 Å². The van der Waals surface area contributed by atoms with E-state index in [2.05, 4.69) is 0 Å². The van der Waals surface area contributed by atoms with Crippen LogP contribution < -0.4 is 6.15 Å². The van der Waals surface area contributed by atoms with E-state index in [1.165, 1.54) is 0 Å². The van der Waals surface area contributed by atoms with Crippen LogP contribution in [-0.4, -0.2) is 33.3 Å². The molecule has 0 aliphatic rings. The summed E-state index contributed by atoms with van der Waals surface area (Å²) < 4.78 is 0. The van der Waals surface area contributed by atoms with E-state index in [-0.39, 0.29) is 41.6 Å². The van der Waals surface area contributed by atoms with Crippen molar-refractivity contribution >= 4 is 35.5 Å². The first kappa shape index (κ1) is 27.0. The molecule has 5 nitrogen and oxygen atoms in total. The molecule has 0 heterocycles. The van der Waals surface area contributed by atoms with E-state index in [0.29, 0.717) is 0 Å². The minimum Gasteiger partial charge on any atom is -0.344 e. The molecular formula is H7ClMgN2O3. The van der Waals surface area contributed by atoms with Gasteiger partial charge >= 0.3 is 23.1 Å². The van der Waals surface area contributed by atoms with Crippen molar-refractivity contribution in [3.05, 3.63) is 10.1 Å². The second kappa shape index (κ2) is 16.4. The van der Waals surface area contributed by atoms with Gasteiger partial charge in [0.25, 0.3) is 5.09 Å². The van der Waals surface area contributed by atoms with Gasteiger partial charge in [0, 0.05) is 0 Å². The van der Waals surface area contributed by atoms with E-state index in [1.54, 1.807) is 0 Å². The van der Waals surface area contributed by atoms with Crippen LogP contribution in [0.3, 0.4) is 0 Å². The maximum Gasteiger partial charge on any atom is 0.316 e. The van der Waals surface area contributed by atoms with Crippen LogP contribution in [0.2, 0.25) is 0 Å². The molecule has 0 aromatic carbocycles. The van der Waals surface area contributed by atoms with E-state index in [9.17, 15) is 0 Å². The molecule has 7 heavy (non-hydrogen) atoms. The number of nitrogens with zero attached hydrogens (tertiary/aromatic N) is 1. The number of hydrogen-bond donors (Lipinski definition) is 2. The third-order valence-electron chi connectivity index (χ3n) is 0. The molecule has 0 atom stereocenters. The standard InChI is InChI=1S/ClH.Mg.HNO3.H3N.2H/c;;2-1(3)4;;;/h1H;;(H,2,3,4);1H3;;. The zero-order valence-electron chi connectivity index (χ0n) is 2.83. The van der Waals surface area contributed by atoms with Gasteiger partial charge in [-0.25, -0.2) is 0 Å². The summed E-state index contributed by atoms with van der Waals surface area (Å²) in [5.41, 5.74) is 0. The second-order valence-electron chi connectivity index (χ2n) is 0.238. The molecule has 0 aromatic rings. The van der Waals surface area contributed by atoms with E-state index in [4.69, 9.17) is 15.3 Å². The van der Waals surface area contributed by atoms with Gasteiger partial charge in [0.2, 0.25) is 0 Å². The SMILES string of the molecule is Cl.N.O=[N+]([O-])O.[MgH2]. The zero-order valence-corrected chi connectivity index (χ0v) is 3.64. The molecule has 0 radical (unpaired) electrons. The van der Waals surface area contributed by atoms with Crippen molar-refractivity contribution in [3.63, 3.8) is 0 Å². The average molecular weight is 143 g/mol. The Bertz CT molecular complexity index is 35.9. The van der Waals surface area contributed by atoms with Gasteiger partial charge < -0.3 is 11.4 Å². The van der Waals surface area contributed by atoms with Crippen molar-refractivity contribution in [2.24, 2.45) is 0 Å². The maximum atomic E-state index is 8.36. The van der Waals surface area contributed by atoms with Crippen LogP contribution in [0.5, 0.6) is 0 Å². The molecule has 0 aromatic heterocycles. The van der Waals surface area contributed by atoms with Crippen molar-refractivity contribution in [1.82, 2.24) is 6.15 Å². The molecule has 0 bridgehead atoms. The highest BCUT2D eigenvalue weighted by Crippen LogP contribution is 1.38. The smallest absolute Gasteiger partial charge is 0.316 e. The fourth-order valence-electron chi connectivity index (χ4n) is 0. The summed E-state index contributed by atoms with van der Waals surface area (Å²) in [4.78, 5) is 8.36. The Morgan fingerprint density at radius 1 is 1.57 bits per heavy atom. The lowest BCUT2D eigenvalue weighted by Gasteiger charge is -1.56. The number of rotatable bonds is 0.